The zero-order valence-electron chi connectivity index (χ0n) is 27.3. The molecular formula is C34H29ClF5N7O6. The molecule has 53 heavy (non-hydrogen) atoms. The fourth-order valence-corrected chi connectivity index (χ4v) is 5.07. The molecule has 4 aromatic rings. The fraction of sp³-hybridized carbons (Fsp3) is 0.265. The van der Waals surface area contributed by atoms with Crippen LogP contribution in [0, 0.1) is 11.6 Å². The van der Waals surface area contributed by atoms with Gasteiger partial charge in [0.1, 0.15) is 17.7 Å². The van der Waals surface area contributed by atoms with Crippen LogP contribution in [0.4, 0.5) is 39.5 Å². The Morgan fingerprint density at radius 1 is 0.925 bits per heavy atom. The van der Waals surface area contributed by atoms with Crippen molar-refractivity contribution in [2.45, 2.75) is 50.0 Å². The highest BCUT2D eigenvalue weighted by molar-refractivity contribution is 6.36. The van der Waals surface area contributed by atoms with Gasteiger partial charge < -0.3 is 31.1 Å². The van der Waals surface area contributed by atoms with Gasteiger partial charge in [-0.05, 0) is 79.4 Å². The van der Waals surface area contributed by atoms with E-state index < -0.39 is 85.0 Å². The SMILES string of the molecule is O=C(CC[C@H](NC(=O)c1ccc(Nc2nc(NC3(c4ccc(Cl)cc4)CC3)nc(OCC(F)(F)F)n2)cc1)C(=O)O)C(=O)NCc1cc(F)ccc1F. The van der Waals surface area contributed by atoms with Crippen LogP contribution in [0.25, 0.3) is 0 Å². The highest BCUT2D eigenvalue weighted by atomic mass is 35.5. The number of carboxylic acids is 1. The molecule has 1 saturated carbocycles. The van der Waals surface area contributed by atoms with Gasteiger partial charge in [0, 0.05) is 34.8 Å². The highest BCUT2D eigenvalue weighted by Crippen LogP contribution is 2.48. The number of aromatic nitrogens is 3. The van der Waals surface area contributed by atoms with E-state index in [0.29, 0.717) is 17.9 Å². The normalized spacial score (nSPS) is 13.7. The first-order valence-corrected chi connectivity index (χ1v) is 16.1. The molecular weight excluding hydrogens is 733 g/mol. The first kappa shape index (κ1) is 38.3. The smallest absolute Gasteiger partial charge is 0.422 e. The lowest BCUT2D eigenvalue weighted by atomic mass is 10.1. The van der Waals surface area contributed by atoms with E-state index in [1.165, 1.54) is 24.3 Å². The zero-order chi connectivity index (χ0) is 38.3. The van der Waals surface area contributed by atoms with Crippen LogP contribution in [0.2, 0.25) is 5.02 Å². The Kier molecular flexibility index (Phi) is 11.7. The van der Waals surface area contributed by atoms with Crippen LogP contribution >= 0.6 is 11.6 Å². The first-order chi connectivity index (χ1) is 25.1. The van der Waals surface area contributed by atoms with Gasteiger partial charge in [-0.25, -0.2) is 13.6 Å². The minimum atomic E-state index is -4.66. The molecule has 278 valence electrons. The average molecular weight is 762 g/mol. The van der Waals surface area contributed by atoms with Crippen LogP contribution in [-0.2, 0) is 26.5 Å². The minimum absolute atomic E-state index is 0.00571. The van der Waals surface area contributed by atoms with E-state index in [0.717, 1.165) is 23.8 Å². The van der Waals surface area contributed by atoms with Crippen LogP contribution in [0.3, 0.4) is 0 Å². The second-order valence-electron chi connectivity index (χ2n) is 11.8. The number of anilines is 3. The summed E-state index contributed by atoms with van der Waals surface area (Å²) in [5.74, 6) is -6.33. The lowest BCUT2D eigenvalue weighted by molar-refractivity contribution is -0.154. The third-order valence-electron chi connectivity index (χ3n) is 7.84. The Morgan fingerprint density at radius 3 is 2.25 bits per heavy atom. The van der Waals surface area contributed by atoms with Crippen molar-refractivity contribution in [2.24, 2.45) is 0 Å². The van der Waals surface area contributed by atoms with Gasteiger partial charge in [-0.1, -0.05) is 23.7 Å². The summed E-state index contributed by atoms with van der Waals surface area (Å²) in [6, 6.07) is 12.8. The number of nitrogens with zero attached hydrogens (tertiary/aromatic N) is 3. The van der Waals surface area contributed by atoms with Crippen molar-refractivity contribution < 1.29 is 51.0 Å². The van der Waals surface area contributed by atoms with Crippen LogP contribution < -0.4 is 26.0 Å². The summed E-state index contributed by atoms with van der Waals surface area (Å²) in [5.41, 5.74) is 0.353. The van der Waals surface area contributed by atoms with Crippen molar-refractivity contribution >= 4 is 52.8 Å². The third-order valence-corrected chi connectivity index (χ3v) is 8.10. The number of benzene rings is 3. The molecule has 1 atom stereocenters. The molecule has 1 heterocycles. The van der Waals surface area contributed by atoms with E-state index in [-0.39, 0.29) is 28.7 Å². The molecule has 0 saturated heterocycles. The van der Waals surface area contributed by atoms with Gasteiger partial charge in [-0.3, -0.25) is 14.4 Å². The van der Waals surface area contributed by atoms with Gasteiger partial charge in [-0.2, -0.15) is 28.1 Å². The number of ether oxygens (including phenoxy) is 1. The van der Waals surface area contributed by atoms with E-state index in [2.05, 4.69) is 36.2 Å². The summed E-state index contributed by atoms with van der Waals surface area (Å²) in [6.07, 6.45) is -4.35. The lowest BCUT2D eigenvalue weighted by Crippen LogP contribution is -2.41. The second kappa shape index (κ2) is 16.2. The predicted molar refractivity (Wildman–Crippen MR) is 178 cm³/mol. The summed E-state index contributed by atoms with van der Waals surface area (Å²) in [6.45, 7) is -2.14. The highest BCUT2D eigenvalue weighted by Gasteiger charge is 2.45. The molecule has 0 aliphatic heterocycles. The molecule has 3 aromatic carbocycles. The molecule has 0 radical (unpaired) electrons. The maximum absolute atomic E-state index is 13.8. The fourth-order valence-electron chi connectivity index (χ4n) is 4.95. The van der Waals surface area contributed by atoms with Crippen LogP contribution in [0.1, 0.15) is 47.2 Å². The van der Waals surface area contributed by atoms with Crippen molar-refractivity contribution in [3.8, 4) is 6.01 Å². The van der Waals surface area contributed by atoms with Crippen molar-refractivity contribution in [3.05, 3.63) is 100 Å². The van der Waals surface area contributed by atoms with E-state index >= 15 is 0 Å². The number of nitrogens with one attached hydrogen (secondary N) is 4. The first-order valence-electron chi connectivity index (χ1n) is 15.7. The molecule has 19 heteroatoms. The molecule has 1 fully saturated rings. The number of carbonyl (C=O) groups is 4. The summed E-state index contributed by atoms with van der Waals surface area (Å²) in [4.78, 5) is 61.3. The summed E-state index contributed by atoms with van der Waals surface area (Å²) < 4.78 is 70.6. The van der Waals surface area contributed by atoms with E-state index in [9.17, 15) is 46.2 Å². The van der Waals surface area contributed by atoms with Gasteiger partial charge >= 0.3 is 18.2 Å². The molecule has 1 aromatic heterocycles. The lowest BCUT2D eigenvalue weighted by Gasteiger charge is -2.19. The van der Waals surface area contributed by atoms with E-state index in [1.54, 1.807) is 24.3 Å². The quantitative estimate of drug-likeness (QED) is 0.0724. The van der Waals surface area contributed by atoms with Crippen molar-refractivity contribution in [1.29, 1.82) is 0 Å². The number of Topliss-reactive ketones (excluding diaryl/α,β-unsaturated/α-hetero) is 1. The molecule has 2 amide bonds. The third kappa shape index (κ3) is 10.8. The Hall–Kier alpha value is -5.91. The summed E-state index contributed by atoms with van der Waals surface area (Å²) in [5, 5.41) is 20.5. The Morgan fingerprint density at radius 2 is 1.60 bits per heavy atom. The minimum Gasteiger partial charge on any atom is -0.480 e. The number of alkyl halides is 3. The maximum atomic E-state index is 13.8. The molecule has 1 aliphatic carbocycles. The Bertz CT molecular complexity index is 2000. The summed E-state index contributed by atoms with van der Waals surface area (Å²) in [7, 11) is 0. The Labute approximate surface area is 302 Å². The van der Waals surface area contributed by atoms with Gasteiger partial charge in [0.05, 0.1) is 5.54 Å². The second-order valence-corrected chi connectivity index (χ2v) is 12.3. The monoisotopic (exact) mass is 761 g/mol. The molecule has 1 aliphatic rings. The van der Waals surface area contributed by atoms with Crippen molar-refractivity contribution in [2.75, 3.05) is 17.2 Å². The number of carboxylic acid groups (broad SMARTS) is 1. The molecule has 13 nitrogen and oxygen atoms in total. The average Bonchev–Trinajstić information content (AvgIpc) is 3.89. The molecule has 5 N–H and O–H groups in total. The van der Waals surface area contributed by atoms with Gasteiger partial charge in [0.25, 0.3) is 11.8 Å². The molecule has 0 bridgehead atoms. The largest absolute Gasteiger partial charge is 0.480 e. The zero-order valence-corrected chi connectivity index (χ0v) is 28.0. The van der Waals surface area contributed by atoms with Crippen LogP contribution in [0.5, 0.6) is 6.01 Å². The van der Waals surface area contributed by atoms with Gasteiger partial charge in [0.15, 0.2) is 6.61 Å². The number of ketones is 1. The topological polar surface area (TPSA) is 185 Å². The van der Waals surface area contributed by atoms with Crippen molar-refractivity contribution in [1.82, 2.24) is 25.6 Å². The van der Waals surface area contributed by atoms with Gasteiger partial charge in [-0.15, -0.1) is 0 Å². The van der Waals surface area contributed by atoms with Crippen LogP contribution in [-0.4, -0.2) is 62.5 Å². The number of rotatable bonds is 16. The van der Waals surface area contributed by atoms with E-state index in [4.69, 9.17) is 16.3 Å². The van der Waals surface area contributed by atoms with Gasteiger partial charge in [0.2, 0.25) is 17.7 Å². The number of carbonyl (C=O) groups excluding carboxylic acids is 3. The number of hydrogen-bond acceptors (Lipinski definition) is 10. The van der Waals surface area contributed by atoms with Crippen molar-refractivity contribution in [3.63, 3.8) is 0 Å². The molecule has 5 rings (SSSR count). The number of hydrogen-bond donors (Lipinski definition) is 5. The molecule has 0 unspecified atom stereocenters. The number of amides is 2. The van der Waals surface area contributed by atoms with E-state index in [1.807, 2.05) is 0 Å². The standard InChI is InChI=1S/C34H29ClF5N7O6/c35-21-5-3-20(4-6-21)33(13-14-33)47-31-44-30(45-32(46-31)53-17-34(38,39)40)42-23-8-1-18(2-9-23)27(49)43-25(29(51)52)11-12-26(48)28(50)41-16-19-15-22(36)7-10-24(19)37/h1-10,15,25H,11-14,16-17H2,(H,41,50)(H,43,49)(H,51,52)(H2,42,44,45,46,47)/t25-/m0/s1. The Balaban J connectivity index is 1.20. The number of aliphatic carboxylic acids is 1. The molecule has 0 spiro atoms. The van der Waals surface area contributed by atoms with Crippen LogP contribution in [0.15, 0.2) is 66.7 Å². The predicted octanol–water partition coefficient (Wildman–Crippen LogP) is 5.44. The number of halogens is 6. The maximum Gasteiger partial charge on any atom is 0.422 e. The summed E-state index contributed by atoms with van der Waals surface area (Å²) >= 11 is 6.00.